The Morgan fingerprint density at radius 3 is 2.38 bits per heavy atom. The van der Waals surface area contributed by atoms with E-state index in [0.717, 1.165) is 48.2 Å². The SMILES string of the molecule is O=C(Nc1ccc(N2CCCC2)cc1)N1CCC(c2ncnc3cc(N4CCOCC4)c(F)cc23)CC1. The number of hydrogen-bond donors (Lipinski definition) is 1. The molecule has 1 aromatic heterocycles. The first-order valence-corrected chi connectivity index (χ1v) is 13.3. The number of ether oxygens (including phenoxy) is 1. The van der Waals surface area contributed by atoms with E-state index in [9.17, 15) is 4.79 Å². The van der Waals surface area contributed by atoms with Crippen molar-refractivity contribution in [1.82, 2.24) is 14.9 Å². The third-order valence-electron chi connectivity index (χ3n) is 7.85. The second-order valence-corrected chi connectivity index (χ2v) is 10.1. The van der Waals surface area contributed by atoms with Gasteiger partial charge in [0.05, 0.1) is 30.1 Å². The highest BCUT2D eigenvalue weighted by Crippen LogP contribution is 2.34. The molecule has 0 unspecified atom stereocenters. The molecule has 3 aliphatic heterocycles. The summed E-state index contributed by atoms with van der Waals surface area (Å²) in [4.78, 5) is 28.2. The van der Waals surface area contributed by atoms with Gasteiger partial charge >= 0.3 is 6.03 Å². The van der Waals surface area contributed by atoms with Gasteiger partial charge in [0.2, 0.25) is 0 Å². The number of benzene rings is 2. The third kappa shape index (κ3) is 5.05. The number of fused-ring (bicyclic) bond motifs is 1. The first-order chi connectivity index (χ1) is 18.2. The van der Waals surface area contributed by atoms with Crippen molar-refractivity contribution >= 4 is 34.0 Å². The standard InChI is InChI=1S/C28H33FN6O2/c29-24-17-23-25(18-26(24)34-13-15-37-16-14-34)30-19-31-27(23)20-7-11-35(12-8-20)28(36)32-21-3-5-22(6-4-21)33-9-1-2-10-33/h3-6,17-20H,1-2,7-16H2,(H,32,36). The summed E-state index contributed by atoms with van der Waals surface area (Å²) in [5.74, 6) is -0.0963. The maximum Gasteiger partial charge on any atom is 0.321 e. The Morgan fingerprint density at radius 2 is 1.65 bits per heavy atom. The van der Waals surface area contributed by atoms with Crippen molar-refractivity contribution in [3.63, 3.8) is 0 Å². The predicted molar refractivity (Wildman–Crippen MR) is 143 cm³/mol. The number of amides is 2. The van der Waals surface area contributed by atoms with Crippen LogP contribution in [0.1, 0.15) is 37.3 Å². The van der Waals surface area contributed by atoms with Crippen molar-refractivity contribution in [1.29, 1.82) is 0 Å². The Hall–Kier alpha value is -3.46. The Labute approximate surface area is 216 Å². The molecule has 37 heavy (non-hydrogen) atoms. The molecule has 2 aromatic carbocycles. The van der Waals surface area contributed by atoms with Crippen LogP contribution in [0.3, 0.4) is 0 Å². The van der Waals surface area contributed by atoms with Gasteiger partial charge in [0, 0.05) is 61.9 Å². The van der Waals surface area contributed by atoms with Crippen LogP contribution >= 0.6 is 0 Å². The molecule has 6 rings (SSSR count). The van der Waals surface area contributed by atoms with Gasteiger partial charge < -0.3 is 24.8 Å². The summed E-state index contributed by atoms with van der Waals surface area (Å²) in [7, 11) is 0. The van der Waals surface area contributed by atoms with Gasteiger partial charge in [-0.15, -0.1) is 0 Å². The van der Waals surface area contributed by atoms with E-state index in [1.807, 2.05) is 28.0 Å². The largest absolute Gasteiger partial charge is 0.378 e. The quantitative estimate of drug-likeness (QED) is 0.559. The number of carbonyl (C=O) groups is 1. The molecule has 3 saturated heterocycles. The molecular formula is C28H33FN6O2. The van der Waals surface area contributed by atoms with Gasteiger partial charge in [-0.3, -0.25) is 0 Å². The van der Waals surface area contributed by atoms with Gasteiger partial charge in [-0.05, 0) is 62.1 Å². The molecular weight excluding hydrogens is 471 g/mol. The van der Waals surface area contributed by atoms with Gasteiger partial charge in [-0.1, -0.05) is 0 Å². The summed E-state index contributed by atoms with van der Waals surface area (Å²) < 4.78 is 20.5. The fourth-order valence-corrected chi connectivity index (χ4v) is 5.75. The summed E-state index contributed by atoms with van der Waals surface area (Å²) in [6.45, 7) is 6.00. The zero-order valence-electron chi connectivity index (χ0n) is 21.0. The Morgan fingerprint density at radius 1 is 0.919 bits per heavy atom. The van der Waals surface area contributed by atoms with Gasteiger partial charge in [-0.25, -0.2) is 19.2 Å². The smallest absolute Gasteiger partial charge is 0.321 e. The second-order valence-electron chi connectivity index (χ2n) is 10.1. The lowest BCUT2D eigenvalue weighted by Gasteiger charge is -2.32. The monoisotopic (exact) mass is 504 g/mol. The van der Waals surface area contributed by atoms with Gasteiger partial charge in [0.25, 0.3) is 0 Å². The van der Waals surface area contributed by atoms with Crippen LogP contribution in [0, 0.1) is 5.82 Å². The molecule has 0 radical (unpaired) electrons. The number of morpholine rings is 1. The number of nitrogens with one attached hydrogen (secondary N) is 1. The normalized spacial score (nSPS) is 19.0. The second kappa shape index (κ2) is 10.5. The lowest BCUT2D eigenvalue weighted by atomic mass is 9.91. The Balaban J connectivity index is 1.10. The van der Waals surface area contributed by atoms with Crippen molar-refractivity contribution in [2.45, 2.75) is 31.6 Å². The molecule has 0 bridgehead atoms. The minimum Gasteiger partial charge on any atom is -0.378 e. The molecule has 0 atom stereocenters. The van der Waals surface area contributed by atoms with E-state index in [4.69, 9.17) is 4.74 Å². The summed E-state index contributed by atoms with van der Waals surface area (Å²) in [6, 6.07) is 11.4. The van der Waals surface area contributed by atoms with Gasteiger partial charge in [0.1, 0.15) is 12.1 Å². The van der Waals surface area contributed by atoms with Crippen molar-refractivity contribution in [3.8, 4) is 0 Å². The molecule has 2 amide bonds. The van der Waals surface area contributed by atoms with Crippen LogP contribution in [0.15, 0.2) is 42.7 Å². The van der Waals surface area contributed by atoms with Crippen molar-refractivity contribution in [2.75, 3.05) is 67.6 Å². The topological polar surface area (TPSA) is 73.8 Å². The van der Waals surface area contributed by atoms with Crippen LogP contribution in [0.4, 0.5) is 26.2 Å². The van der Waals surface area contributed by atoms with Crippen LogP contribution in [0.5, 0.6) is 0 Å². The molecule has 0 saturated carbocycles. The highest BCUT2D eigenvalue weighted by Gasteiger charge is 2.27. The Bertz CT molecular complexity index is 1250. The number of piperidine rings is 1. The highest BCUT2D eigenvalue weighted by molar-refractivity contribution is 5.90. The number of urea groups is 1. The van der Waals surface area contributed by atoms with Crippen molar-refractivity contribution in [2.24, 2.45) is 0 Å². The number of likely N-dealkylation sites (tertiary alicyclic amines) is 1. The average Bonchev–Trinajstić information content (AvgIpc) is 3.49. The number of aromatic nitrogens is 2. The fourth-order valence-electron chi connectivity index (χ4n) is 5.75. The predicted octanol–water partition coefficient (Wildman–Crippen LogP) is 4.62. The molecule has 9 heteroatoms. The molecule has 8 nitrogen and oxygen atoms in total. The number of hydrogen-bond acceptors (Lipinski definition) is 6. The lowest BCUT2D eigenvalue weighted by Crippen LogP contribution is -2.40. The number of halogens is 1. The molecule has 194 valence electrons. The first-order valence-electron chi connectivity index (χ1n) is 13.3. The maximum atomic E-state index is 15.1. The van der Waals surface area contributed by atoms with Gasteiger partial charge in [0.15, 0.2) is 0 Å². The molecule has 0 aliphatic carbocycles. The van der Waals surface area contributed by atoms with E-state index in [1.54, 1.807) is 12.4 Å². The molecule has 3 fully saturated rings. The van der Waals surface area contributed by atoms with Crippen LogP contribution in [0.2, 0.25) is 0 Å². The first kappa shape index (κ1) is 23.9. The summed E-state index contributed by atoms with van der Waals surface area (Å²) in [5.41, 5.74) is 4.21. The van der Waals surface area contributed by atoms with E-state index >= 15 is 4.39 Å². The molecule has 0 spiro atoms. The number of nitrogens with zero attached hydrogens (tertiary/aromatic N) is 5. The molecule has 3 aliphatic rings. The van der Waals surface area contributed by atoms with Crippen molar-refractivity contribution < 1.29 is 13.9 Å². The maximum absolute atomic E-state index is 15.1. The van der Waals surface area contributed by atoms with Crippen LogP contribution in [0.25, 0.3) is 10.9 Å². The zero-order chi connectivity index (χ0) is 25.2. The van der Waals surface area contributed by atoms with Crippen molar-refractivity contribution in [3.05, 3.63) is 54.2 Å². The van der Waals surface area contributed by atoms with E-state index in [0.29, 0.717) is 45.1 Å². The van der Waals surface area contributed by atoms with Gasteiger partial charge in [-0.2, -0.15) is 0 Å². The average molecular weight is 505 g/mol. The summed E-state index contributed by atoms with van der Waals surface area (Å²) in [5, 5.41) is 3.80. The van der Waals surface area contributed by atoms with E-state index in [1.165, 1.54) is 18.5 Å². The van der Waals surface area contributed by atoms with Crippen LogP contribution < -0.4 is 15.1 Å². The minimum atomic E-state index is -0.252. The fraction of sp³-hybridized carbons (Fsp3) is 0.464. The van der Waals surface area contributed by atoms with Crippen LogP contribution in [-0.4, -0.2) is 73.4 Å². The van der Waals surface area contributed by atoms with E-state index in [-0.39, 0.29) is 17.8 Å². The molecule has 3 aromatic rings. The highest BCUT2D eigenvalue weighted by atomic mass is 19.1. The third-order valence-corrected chi connectivity index (χ3v) is 7.85. The summed E-state index contributed by atoms with van der Waals surface area (Å²) >= 11 is 0. The Kier molecular flexibility index (Phi) is 6.78. The number of carbonyl (C=O) groups excluding carboxylic acids is 1. The van der Waals surface area contributed by atoms with E-state index in [2.05, 4.69) is 32.3 Å². The molecule has 1 N–H and O–H groups in total. The summed E-state index contributed by atoms with van der Waals surface area (Å²) in [6.07, 6.45) is 5.61. The van der Waals surface area contributed by atoms with E-state index < -0.39 is 0 Å². The number of rotatable bonds is 4. The zero-order valence-corrected chi connectivity index (χ0v) is 21.0. The number of anilines is 3. The molecule has 4 heterocycles. The lowest BCUT2D eigenvalue weighted by molar-refractivity contribution is 0.122. The van der Waals surface area contributed by atoms with Crippen LogP contribution in [-0.2, 0) is 4.74 Å². The minimum absolute atomic E-state index is 0.0823.